The lowest BCUT2D eigenvalue weighted by atomic mass is 9.76. The van der Waals surface area contributed by atoms with Gasteiger partial charge >= 0.3 is 0 Å². The number of hydrogen-bond acceptors (Lipinski definition) is 3. The fourth-order valence-electron chi connectivity index (χ4n) is 3.14. The highest BCUT2D eigenvalue weighted by atomic mass is 16.3. The first kappa shape index (κ1) is 17.4. The summed E-state index contributed by atoms with van der Waals surface area (Å²) < 4.78 is 0. The van der Waals surface area contributed by atoms with Gasteiger partial charge in [0.2, 0.25) is 5.91 Å². The standard InChI is InChI=1S/C16H32N2O2/c1-16(2,3)14(6-9-17)4-5-15(20)18-10-7-13(12-18)8-11-19/h13-14,19H,4-12,17H2,1-3H3. The Balaban J connectivity index is 2.38. The second-order valence-electron chi connectivity index (χ2n) is 7.19. The summed E-state index contributed by atoms with van der Waals surface area (Å²) in [6.45, 7) is 9.30. The lowest BCUT2D eigenvalue weighted by molar-refractivity contribution is -0.130. The Morgan fingerprint density at radius 3 is 2.65 bits per heavy atom. The number of amides is 1. The summed E-state index contributed by atoms with van der Waals surface area (Å²) in [4.78, 5) is 14.2. The van der Waals surface area contributed by atoms with Crippen molar-refractivity contribution in [1.82, 2.24) is 4.90 Å². The highest BCUT2D eigenvalue weighted by molar-refractivity contribution is 5.76. The van der Waals surface area contributed by atoms with E-state index >= 15 is 0 Å². The van der Waals surface area contributed by atoms with Crippen LogP contribution in [-0.4, -0.2) is 42.2 Å². The Labute approximate surface area is 123 Å². The normalized spacial score (nSPS) is 21.2. The molecule has 2 unspecified atom stereocenters. The summed E-state index contributed by atoms with van der Waals surface area (Å²) in [5.41, 5.74) is 5.90. The molecule has 0 spiro atoms. The monoisotopic (exact) mass is 284 g/mol. The van der Waals surface area contributed by atoms with Crippen LogP contribution in [-0.2, 0) is 4.79 Å². The number of hydrogen-bond donors (Lipinski definition) is 2. The second kappa shape index (κ2) is 7.99. The molecule has 0 aliphatic carbocycles. The van der Waals surface area contributed by atoms with Crippen molar-refractivity contribution >= 4 is 5.91 Å². The molecule has 3 N–H and O–H groups in total. The minimum Gasteiger partial charge on any atom is -0.396 e. The van der Waals surface area contributed by atoms with Crippen LogP contribution in [0, 0.1) is 17.3 Å². The Hall–Kier alpha value is -0.610. The number of rotatable bonds is 7. The number of nitrogens with zero attached hydrogens (tertiary/aromatic N) is 1. The molecule has 1 aliphatic rings. The molecule has 1 heterocycles. The third-order valence-corrected chi connectivity index (χ3v) is 4.62. The maximum Gasteiger partial charge on any atom is 0.222 e. The van der Waals surface area contributed by atoms with Crippen LogP contribution in [0.15, 0.2) is 0 Å². The molecule has 4 heteroatoms. The van der Waals surface area contributed by atoms with Crippen LogP contribution in [0.3, 0.4) is 0 Å². The summed E-state index contributed by atoms with van der Waals surface area (Å²) in [6, 6.07) is 0. The molecule has 1 aliphatic heterocycles. The minimum absolute atomic E-state index is 0.212. The Morgan fingerprint density at radius 2 is 2.10 bits per heavy atom. The topological polar surface area (TPSA) is 66.6 Å². The van der Waals surface area contributed by atoms with Crippen LogP contribution in [0.1, 0.15) is 52.9 Å². The molecule has 20 heavy (non-hydrogen) atoms. The molecule has 1 amide bonds. The fourth-order valence-corrected chi connectivity index (χ4v) is 3.14. The van der Waals surface area contributed by atoms with E-state index < -0.39 is 0 Å². The van der Waals surface area contributed by atoms with E-state index in [4.69, 9.17) is 10.8 Å². The van der Waals surface area contributed by atoms with Gasteiger partial charge in [-0.3, -0.25) is 4.79 Å². The van der Waals surface area contributed by atoms with Crippen LogP contribution in [0.4, 0.5) is 0 Å². The lowest BCUT2D eigenvalue weighted by Gasteiger charge is -2.31. The molecule has 0 saturated carbocycles. The minimum atomic E-state index is 0.212. The van der Waals surface area contributed by atoms with E-state index in [1.54, 1.807) is 0 Å². The van der Waals surface area contributed by atoms with Crippen molar-refractivity contribution < 1.29 is 9.90 Å². The third-order valence-electron chi connectivity index (χ3n) is 4.62. The van der Waals surface area contributed by atoms with E-state index in [9.17, 15) is 4.79 Å². The summed E-state index contributed by atoms with van der Waals surface area (Å²) in [7, 11) is 0. The van der Waals surface area contributed by atoms with Crippen molar-refractivity contribution in [2.45, 2.75) is 52.9 Å². The van der Waals surface area contributed by atoms with Crippen LogP contribution < -0.4 is 5.73 Å². The van der Waals surface area contributed by atoms with Gasteiger partial charge in [0, 0.05) is 26.1 Å². The summed E-state index contributed by atoms with van der Waals surface area (Å²) >= 11 is 0. The smallest absolute Gasteiger partial charge is 0.222 e. The molecule has 0 radical (unpaired) electrons. The van der Waals surface area contributed by atoms with Crippen LogP contribution in [0.25, 0.3) is 0 Å². The van der Waals surface area contributed by atoms with Gasteiger partial charge < -0.3 is 15.7 Å². The van der Waals surface area contributed by atoms with E-state index in [1.165, 1.54) is 0 Å². The molecule has 0 aromatic carbocycles. The maximum atomic E-state index is 12.3. The zero-order valence-corrected chi connectivity index (χ0v) is 13.4. The predicted octanol–water partition coefficient (Wildman–Crippen LogP) is 2.01. The summed E-state index contributed by atoms with van der Waals surface area (Å²) in [6.07, 6.45) is 4.41. The number of likely N-dealkylation sites (tertiary alicyclic amines) is 1. The number of aliphatic hydroxyl groups is 1. The first-order valence-corrected chi connectivity index (χ1v) is 7.97. The predicted molar refractivity (Wildman–Crippen MR) is 82.2 cm³/mol. The second-order valence-corrected chi connectivity index (χ2v) is 7.19. The van der Waals surface area contributed by atoms with Crippen molar-refractivity contribution in [3.8, 4) is 0 Å². The first-order chi connectivity index (χ1) is 9.38. The Bertz CT molecular complexity index is 299. The van der Waals surface area contributed by atoms with Crippen molar-refractivity contribution in [2.24, 2.45) is 23.0 Å². The highest BCUT2D eigenvalue weighted by Gasteiger charge is 2.28. The molecular formula is C16H32N2O2. The quantitative estimate of drug-likeness (QED) is 0.751. The maximum absolute atomic E-state index is 12.3. The van der Waals surface area contributed by atoms with Crippen molar-refractivity contribution in [1.29, 1.82) is 0 Å². The summed E-state index contributed by atoms with van der Waals surface area (Å²) in [5.74, 6) is 1.27. The van der Waals surface area contributed by atoms with Crippen molar-refractivity contribution in [2.75, 3.05) is 26.2 Å². The average molecular weight is 284 g/mol. The Kier molecular flexibility index (Phi) is 6.96. The van der Waals surface area contributed by atoms with E-state index in [-0.39, 0.29) is 17.9 Å². The van der Waals surface area contributed by atoms with Crippen LogP contribution in [0.2, 0.25) is 0 Å². The number of aliphatic hydroxyl groups excluding tert-OH is 1. The Morgan fingerprint density at radius 1 is 1.40 bits per heavy atom. The molecule has 0 aromatic rings. The zero-order chi connectivity index (χ0) is 15.2. The molecular weight excluding hydrogens is 252 g/mol. The van der Waals surface area contributed by atoms with E-state index in [2.05, 4.69) is 20.8 Å². The van der Waals surface area contributed by atoms with Gasteiger partial charge in [0.1, 0.15) is 0 Å². The van der Waals surface area contributed by atoms with Crippen molar-refractivity contribution in [3.05, 3.63) is 0 Å². The van der Waals surface area contributed by atoms with Gasteiger partial charge in [0.05, 0.1) is 0 Å². The molecule has 2 atom stereocenters. The molecule has 118 valence electrons. The van der Waals surface area contributed by atoms with Crippen LogP contribution in [0.5, 0.6) is 0 Å². The fraction of sp³-hybridized carbons (Fsp3) is 0.938. The first-order valence-electron chi connectivity index (χ1n) is 7.97. The van der Waals surface area contributed by atoms with Gasteiger partial charge in [-0.05, 0) is 49.5 Å². The molecule has 1 fully saturated rings. The largest absolute Gasteiger partial charge is 0.396 e. The van der Waals surface area contributed by atoms with Gasteiger partial charge in [-0.1, -0.05) is 20.8 Å². The van der Waals surface area contributed by atoms with E-state index in [1.807, 2.05) is 4.90 Å². The molecule has 4 nitrogen and oxygen atoms in total. The van der Waals surface area contributed by atoms with Gasteiger partial charge in [0.15, 0.2) is 0 Å². The summed E-state index contributed by atoms with van der Waals surface area (Å²) in [5, 5.41) is 8.96. The van der Waals surface area contributed by atoms with Crippen molar-refractivity contribution in [3.63, 3.8) is 0 Å². The molecule has 1 rings (SSSR count). The average Bonchev–Trinajstić information content (AvgIpc) is 2.82. The highest BCUT2D eigenvalue weighted by Crippen LogP contribution is 2.32. The van der Waals surface area contributed by atoms with Gasteiger partial charge in [-0.2, -0.15) is 0 Å². The number of carbonyl (C=O) groups excluding carboxylic acids is 1. The SMILES string of the molecule is CC(C)(C)C(CCN)CCC(=O)N1CCC(CCO)C1. The van der Waals surface area contributed by atoms with E-state index in [0.29, 0.717) is 24.8 Å². The van der Waals surface area contributed by atoms with Gasteiger partial charge in [-0.25, -0.2) is 0 Å². The third kappa shape index (κ3) is 5.41. The number of carbonyl (C=O) groups is 1. The van der Waals surface area contributed by atoms with Crippen LogP contribution >= 0.6 is 0 Å². The van der Waals surface area contributed by atoms with Gasteiger partial charge in [0.25, 0.3) is 0 Å². The van der Waals surface area contributed by atoms with E-state index in [0.717, 1.165) is 38.8 Å². The molecule has 1 saturated heterocycles. The number of nitrogens with two attached hydrogens (primary N) is 1. The van der Waals surface area contributed by atoms with Gasteiger partial charge in [-0.15, -0.1) is 0 Å². The molecule has 0 bridgehead atoms. The molecule has 0 aromatic heterocycles. The zero-order valence-electron chi connectivity index (χ0n) is 13.4. The lowest BCUT2D eigenvalue weighted by Crippen LogP contribution is -2.31.